The van der Waals surface area contributed by atoms with Gasteiger partial charge in [0.15, 0.2) is 11.6 Å². The molecule has 1 aromatic heterocycles. The monoisotopic (exact) mass is 312 g/mol. The number of hydrogen-bond acceptors (Lipinski definition) is 3. The highest BCUT2D eigenvalue weighted by atomic mass is 32.2. The molecule has 0 spiro atoms. The second-order valence-electron chi connectivity index (χ2n) is 3.88. The number of thiophene rings is 1. The van der Waals surface area contributed by atoms with Crippen molar-refractivity contribution in [3.8, 4) is 0 Å². The summed E-state index contributed by atoms with van der Waals surface area (Å²) in [6.45, 7) is 0. The topological polar surface area (TPSA) is 37.3 Å². The molecule has 2 aromatic rings. The van der Waals surface area contributed by atoms with Gasteiger partial charge < -0.3 is 5.11 Å². The van der Waals surface area contributed by atoms with Crippen LogP contribution in [-0.2, 0) is 10.5 Å². The minimum Gasteiger partial charge on any atom is -0.478 e. The third kappa shape index (κ3) is 4.18. The van der Waals surface area contributed by atoms with Crippen molar-refractivity contribution >= 4 is 35.1 Å². The van der Waals surface area contributed by atoms with Gasteiger partial charge in [-0.05, 0) is 41.3 Å². The van der Waals surface area contributed by atoms with Gasteiger partial charge in [-0.3, -0.25) is 0 Å². The third-order valence-corrected chi connectivity index (χ3v) is 4.54. The molecule has 0 atom stereocenters. The van der Waals surface area contributed by atoms with Crippen LogP contribution in [0, 0.1) is 11.6 Å². The normalized spacial score (nSPS) is 11.1. The van der Waals surface area contributed by atoms with E-state index < -0.39 is 17.6 Å². The van der Waals surface area contributed by atoms with Gasteiger partial charge >= 0.3 is 5.97 Å². The third-order valence-electron chi connectivity index (χ3n) is 2.36. The molecule has 20 heavy (non-hydrogen) atoms. The van der Waals surface area contributed by atoms with Gasteiger partial charge in [0.2, 0.25) is 0 Å². The van der Waals surface area contributed by atoms with Crippen LogP contribution in [-0.4, -0.2) is 11.1 Å². The van der Waals surface area contributed by atoms with Crippen LogP contribution >= 0.6 is 23.1 Å². The summed E-state index contributed by atoms with van der Waals surface area (Å²) in [6, 6.07) is 5.67. The molecule has 0 amide bonds. The quantitative estimate of drug-likeness (QED) is 0.656. The van der Waals surface area contributed by atoms with E-state index in [1.165, 1.54) is 41.3 Å². The minimum absolute atomic E-state index is 0.622. The number of rotatable bonds is 5. The molecular weight excluding hydrogens is 302 g/mol. The van der Waals surface area contributed by atoms with Gasteiger partial charge in [0, 0.05) is 21.6 Å². The van der Waals surface area contributed by atoms with E-state index in [0.717, 1.165) is 22.6 Å². The number of carboxylic acids is 1. The molecule has 0 fully saturated rings. The highest BCUT2D eigenvalue weighted by Crippen LogP contribution is 2.27. The summed E-state index contributed by atoms with van der Waals surface area (Å²) in [4.78, 5) is 12.1. The molecular formula is C14H10F2O2S2. The van der Waals surface area contributed by atoms with Crippen molar-refractivity contribution in [2.75, 3.05) is 0 Å². The molecule has 1 N–H and O–H groups in total. The fourth-order valence-corrected chi connectivity index (χ4v) is 3.28. The maximum atomic E-state index is 13.0. The van der Waals surface area contributed by atoms with Crippen molar-refractivity contribution in [2.24, 2.45) is 0 Å². The highest BCUT2D eigenvalue weighted by molar-refractivity contribution is 7.98. The number of halogens is 2. The van der Waals surface area contributed by atoms with Crippen LogP contribution in [0.3, 0.4) is 0 Å². The first-order valence-corrected chi connectivity index (χ1v) is 7.47. The standard InChI is InChI=1S/C14H10F2O2S2/c15-12-3-2-10(6-13(12)16)20-8-11-5-9(7-19-11)1-4-14(17)18/h1-7H,8H2,(H,17,18). The lowest BCUT2D eigenvalue weighted by Crippen LogP contribution is -1.85. The van der Waals surface area contributed by atoms with E-state index in [-0.39, 0.29) is 0 Å². The first-order chi connectivity index (χ1) is 9.54. The Balaban J connectivity index is 1.97. The second-order valence-corrected chi connectivity index (χ2v) is 5.93. The molecule has 0 unspecified atom stereocenters. The number of carboxylic acid groups (broad SMARTS) is 1. The molecule has 0 aliphatic rings. The summed E-state index contributed by atoms with van der Waals surface area (Å²) in [5.41, 5.74) is 0.818. The summed E-state index contributed by atoms with van der Waals surface area (Å²) in [7, 11) is 0. The Labute approximate surface area is 122 Å². The zero-order valence-electron chi connectivity index (χ0n) is 10.2. The Morgan fingerprint density at radius 2 is 2.10 bits per heavy atom. The SMILES string of the molecule is O=C(O)C=Cc1csc(CSc2ccc(F)c(F)c2)c1. The van der Waals surface area contributed by atoms with Crippen molar-refractivity contribution < 1.29 is 18.7 Å². The van der Waals surface area contributed by atoms with Gasteiger partial charge in [-0.2, -0.15) is 0 Å². The molecule has 0 aliphatic carbocycles. The molecule has 0 aliphatic heterocycles. The summed E-state index contributed by atoms with van der Waals surface area (Å²) < 4.78 is 25.8. The maximum absolute atomic E-state index is 13.0. The molecule has 104 valence electrons. The number of carbonyl (C=O) groups is 1. The first kappa shape index (κ1) is 14.7. The van der Waals surface area contributed by atoms with Gasteiger partial charge in [0.25, 0.3) is 0 Å². The van der Waals surface area contributed by atoms with Crippen LogP contribution in [0.1, 0.15) is 10.4 Å². The summed E-state index contributed by atoms with van der Waals surface area (Å²) in [5, 5.41) is 10.4. The van der Waals surface area contributed by atoms with E-state index in [2.05, 4.69) is 0 Å². The van der Waals surface area contributed by atoms with Gasteiger partial charge in [-0.25, -0.2) is 13.6 Å². The van der Waals surface area contributed by atoms with Crippen molar-refractivity contribution in [2.45, 2.75) is 10.6 Å². The average molecular weight is 312 g/mol. The van der Waals surface area contributed by atoms with E-state index in [4.69, 9.17) is 5.11 Å². The lowest BCUT2D eigenvalue weighted by molar-refractivity contribution is -0.131. The van der Waals surface area contributed by atoms with Crippen LogP contribution in [0.15, 0.2) is 40.6 Å². The highest BCUT2D eigenvalue weighted by Gasteiger charge is 2.04. The zero-order valence-corrected chi connectivity index (χ0v) is 11.8. The van der Waals surface area contributed by atoms with E-state index in [0.29, 0.717) is 10.6 Å². The van der Waals surface area contributed by atoms with Crippen molar-refractivity contribution in [3.05, 3.63) is 57.8 Å². The minimum atomic E-state index is -0.992. The van der Waals surface area contributed by atoms with Crippen LogP contribution in [0.4, 0.5) is 8.78 Å². The van der Waals surface area contributed by atoms with Crippen molar-refractivity contribution in [1.29, 1.82) is 0 Å². The molecule has 1 heterocycles. The van der Waals surface area contributed by atoms with Crippen LogP contribution < -0.4 is 0 Å². The average Bonchev–Trinajstić information content (AvgIpc) is 2.86. The zero-order chi connectivity index (χ0) is 14.5. The van der Waals surface area contributed by atoms with Gasteiger partial charge in [-0.15, -0.1) is 23.1 Å². The fourth-order valence-electron chi connectivity index (χ4n) is 1.45. The second kappa shape index (κ2) is 6.67. The Morgan fingerprint density at radius 3 is 2.80 bits per heavy atom. The summed E-state index contributed by atoms with van der Waals surface area (Å²) in [6.07, 6.45) is 2.60. The van der Waals surface area contributed by atoms with Gasteiger partial charge in [-0.1, -0.05) is 0 Å². The smallest absolute Gasteiger partial charge is 0.328 e. The van der Waals surface area contributed by atoms with Crippen molar-refractivity contribution in [1.82, 2.24) is 0 Å². The van der Waals surface area contributed by atoms with Crippen LogP contribution in [0.5, 0.6) is 0 Å². The van der Waals surface area contributed by atoms with Crippen LogP contribution in [0.25, 0.3) is 6.08 Å². The summed E-state index contributed by atoms with van der Waals surface area (Å²) in [5.74, 6) is -2.08. The molecule has 0 radical (unpaired) electrons. The Bertz CT molecular complexity index is 650. The van der Waals surface area contributed by atoms with E-state index in [9.17, 15) is 13.6 Å². The molecule has 1 aromatic carbocycles. The molecule has 6 heteroatoms. The Hall–Kier alpha value is -1.66. The van der Waals surface area contributed by atoms with Gasteiger partial charge in [0.1, 0.15) is 0 Å². The molecule has 0 saturated heterocycles. The predicted molar refractivity (Wildman–Crippen MR) is 76.9 cm³/mol. The predicted octanol–water partition coefficient (Wildman–Crippen LogP) is 4.42. The number of hydrogen-bond donors (Lipinski definition) is 1. The Kier molecular flexibility index (Phi) is 4.92. The molecule has 0 saturated carbocycles. The number of thioether (sulfide) groups is 1. The number of benzene rings is 1. The maximum Gasteiger partial charge on any atom is 0.328 e. The van der Waals surface area contributed by atoms with E-state index in [1.54, 1.807) is 0 Å². The fraction of sp³-hybridized carbons (Fsp3) is 0.0714. The van der Waals surface area contributed by atoms with E-state index >= 15 is 0 Å². The molecule has 2 rings (SSSR count). The largest absolute Gasteiger partial charge is 0.478 e. The lowest BCUT2D eigenvalue weighted by Gasteiger charge is -2.00. The van der Waals surface area contributed by atoms with E-state index in [1.807, 2.05) is 11.4 Å². The summed E-state index contributed by atoms with van der Waals surface area (Å²) >= 11 is 2.89. The lowest BCUT2D eigenvalue weighted by atomic mass is 10.3. The first-order valence-electron chi connectivity index (χ1n) is 5.61. The van der Waals surface area contributed by atoms with Gasteiger partial charge in [0.05, 0.1) is 0 Å². The molecule has 2 nitrogen and oxygen atoms in total. The number of aliphatic carboxylic acids is 1. The van der Waals surface area contributed by atoms with Crippen molar-refractivity contribution in [3.63, 3.8) is 0 Å². The Morgan fingerprint density at radius 1 is 1.30 bits per heavy atom. The molecule has 0 bridgehead atoms. The van der Waals surface area contributed by atoms with Crippen LogP contribution in [0.2, 0.25) is 0 Å².